The van der Waals surface area contributed by atoms with Crippen molar-refractivity contribution in [3.05, 3.63) is 23.8 Å². The highest BCUT2D eigenvalue weighted by Crippen LogP contribution is 2.25. The van der Waals surface area contributed by atoms with Crippen LogP contribution in [0.4, 0.5) is 10.5 Å². The zero-order chi connectivity index (χ0) is 15.0. The van der Waals surface area contributed by atoms with Gasteiger partial charge in [0, 0.05) is 24.2 Å². The highest BCUT2D eigenvalue weighted by Gasteiger charge is 2.09. The van der Waals surface area contributed by atoms with Crippen LogP contribution in [0.5, 0.6) is 0 Å². The molecular weight excluding hydrogens is 278 g/mol. The Kier molecular flexibility index (Phi) is 6.89. The normalized spacial score (nSPS) is 10.1. The maximum atomic E-state index is 11.6. The molecule has 7 heteroatoms. The van der Waals surface area contributed by atoms with Gasteiger partial charge in [-0.2, -0.15) is 0 Å². The molecule has 0 fully saturated rings. The number of aryl methyl sites for hydroxylation is 1. The van der Waals surface area contributed by atoms with E-state index in [0.717, 1.165) is 10.5 Å². The Balaban J connectivity index is 2.36. The minimum absolute atomic E-state index is 0.130. The van der Waals surface area contributed by atoms with Crippen molar-refractivity contribution in [2.75, 3.05) is 31.7 Å². The molecule has 0 aromatic heterocycles. The van der Waals surface area contributed by atoms with E-state index in [1.807, 2.05) is 19.1 Å². The molecule has 110 valence electrons. The number of methoxy groups -OCH3 is 1. The molecular formula is C13H19N3O3S. The van der Waals surface area contributed by atoms with Gasteiger partial charge in [0.1, 0.15) is 0 Å². The SMILES string of the molecule is COCCNC(=O)NC(=O)CSc1cc(C)ccc1N. The first kappa shape index (κ1) is 16.3. The number of hydrogen-bond acceptors (Lipinski definition) is 5. The van der Waals surface area contributed by atoms with Crippen LogP contribution < -0.4 is 16.4 Å². The van der Waals surface area contributed by atoms with Crippen LogP contribution in [0.15, 0.2) is 23.1 Å². The summed E-state index contributed by atoms with van der Waals surface area (Å²) in [4.78, 5) is 23.8. The number of rotatable bonds is 6. The Morgan fingerprint density at radius 1 is 1.40 bits per heavy atom. The Bertz CT molecular complexity index is 480. The number of nitrogens with one attached hydrogen (secondary N) is 2. The van der Waals surface area contributed by atoms with Gasteiger partial charge in [-0.25, -0.2) is 4.79 Å². The van der Waals surface area contributed by atoms with Crippen molar-refractivity contribution < 1.29 is 14.3 Å². The van der Waals surface area contributed by atoms with Gasteiger partial charge in [-0.15, -0.1) is 11.8 Å². The van der Waals surface area contributed by atoms with Crippen LogP contribution >= 0.6 is 11.8 Å². The predicted octanol–water partition coefficient (Wildman–Crippen LogP) is 1.14. The molecule has 0 spiro atoms. The van der Waals surface area contributed by atoms with Gasteiger partial charge in [0.2, 0.25) is 5.91 Å². The largest absolute Gasteiger partial charge is 0.398 e. The van der Waals surface area contributed by atoms with Crippen LogP contribution in [-0.2, 0) is 9.53 Å². The number of carbonyl (C=O) groups is 2. The molecule has 0 bridgehead atoms. The number of urea groups is 1. The molecule has 3 amide bonds. The van der Waals surface area contributed by atoms with Gasteiger partial charge in [-0.1, -0.05) is 6.07 Å². The molecule has 0 aliphatic rings. The Morgan fingerprint density at radius 2 is 2.15 bits per heavy atom. The van der Waals surface area contributed by atoms with Gasteiger partial charge in [0.05, 0.1) is 12.4 Å². The lowest BCUT2D eigenvalue weighted by Gasteiger charge is -2.08. The molecule has 0 aliphatic carbocycles. The molecule has 0 saturated carbocycles. The van der Waals surface area contributed by atoms with E-state index in [1.165, 1.54) is 18.9 Å². The van der Waals surface area contributed by atoms with Gasteiger partial charge >= 0.3 is 6.03 Å². The number of ether oxygens (including phenoxy) is 1. The number of imide groups is 1. The molecule has 1 aromatic carbocycles. The summed E-state index contributed by atoms with van der Waals surface area (Å²) < 4.78 is 4.78. The third-order valence-corrected chi connectivity index (χ3v) is 3.44. The smallest absolute Gasteiger partial charge is 0.321 e. The molecule has 20 heavy (non-hydrogen) atoms. The molecule has 6 nitrogen and oxygen atoms in total. The average Bonchev–Trinajstić information content (AvgIpc) is 2.40. The van der Waals surface area contributed by atoms with E-state index in [1.54, 1.807) is 6.07 Å². The summed E-state index contributed by atoms with van der Waals surface area (Å²) in [7, 11) is 1.54. The zero-order valence-corrected chi connectivity index (χ0v) is 12.4. The highest BCUT2D eigenvalue weighted by molar-refractivity contribution is 8.00. The minimum Gasteiger partial charge on any atom is -0.398 e. The standard InChI is InChI=1S/C13H19N3O3S/c1-9-3-4-10(14)11(7-9)20-8-12(17)16-13(18)15-5-6-19-2/h3-4,7H,5-6,8,14H2,1-2H3,(H2,15,16,17,18). The fourth-order valence-electron chi connectivity index (χ4n) is 1.38. The summed E-state index contributed by atoms with van der Waals surface area (Å²) in [5.41, 5.74) is 7.50. The first-order valence-corrected chi connectivity index (χ1v) is 7.07. The molecule has 0 atom stereocenters. The lowest BCUT2D eigenvalue weighted by Crippen LogP contribution is -2.41. The van der Waals surface area contributed by atoms with E-state index in [-0.39, 0.29) is 11.7 Å². The van der Waals surface area contributed by atoms with Crippen LogP contribution in [0.1, 0.15) is 5.56 Å². The lowest BCUT2D eigenvalue weighted by atomic mass is 10.2. The van der Waals surface area contributed by atoms with Crippen molar-refractivity contribution in [2.45, 2.75) is 11.8 Å². The lowest BCUT2D eigenvalue weighted by molar-refractivity contribution is -0.117. The van der Waals surface area contributed by atoms with E-state index < -0.39 is 6.03 Å². The summed E-state index contributed by atoms with van der Waals surface area (Å²) in [6, 6.07) is 5.09. The third-order valence-electron chi connectivity index (χ3n) is 2.37. The van der Waals surface area contributed by atoms with Gasteiger partial charge in [0.15, 0.2) is 0 Å². The Morgan fingerprint density at radius 3 is 2.85 bits per heavy atom. The molecule has 0 heterocycles. The summed E-state index contributed by atoms with van der Waals surface area (Å²) in [5.74, 6) is -0.239. The number of amides is 3. The van der Waals surface area contributed by atoms with Crippen LogP contribution in [-0.4, -0.2) is 38.0 Å². The fraction of sp³-hybridized carbons (Fsp3) is 0.385. The molecule has 4 N–H and O–H groups in total. The second-order valence-corrected chi connectivity index (χ2v) is 5.14. The first-order chi connectivity index (χ1) is 9.52. The third kappa shape index (κ3) is 5.94. The summed E-state index contributed by atoms with van der Waals surface area (Å²) in [5, 5.41) is 4.74. The number of nitrogen functional groups attached to an aromatic ring is 1. The van der Waals surface area contributed by atoms with E-state index >= 15 is 0 Å². The fourth-order valence-corrected chi connectivity index (χ4v) is 2.25. The van der Waals surface area contributed by atoms with Crippen molar-refractivity contribution in [1.29, 1.82) is 0 Å². The maximum Gasteiger partial charge on any atom is 0.321 e. The van der Waals surface area contributed by atoms with Crippen molar-refractivity contribution in [1.82, 2.24) is 10.6 Å². The predicted molar refractivity (Wildman–Crippen MR) is 79.7 cm³/mol. The van der Waals surface area contributed by atoms with Crippen molar-refractivity contribution in [3.63, 3.8) is 0 Å². The van der Waals surface area contributed by atoms with Gasteiger partial charge in [-0.3, -0.25) is 10.1 Å². The van der Waals surface area contributed by atoms with E-state index in [2.05, 4.69) is 10.6 Å². The van der Waals surface area contributed by atoms with Crippen LogP contribution in [0.2, 0.25) is 0 Å². The molecule has 0 saturated heterocycles. The number of nitrogens with two attached hydrogens (primary N) is 1. The van der Waals surface area contributed by atoms with Crippen LogP contribution in [0, 0.1) is 6.92 Å². The van der Waals surface area contributed by atoms with Gasteiger partial charge < -0.3 is 15.8 Å². The first-order valence-electron chi connectivity index (χ1n) is 6.08. The molecule has 0 aliphatic heterocycles. The second-order valence-electron chi connectivity index (χ2n) is 4.13. The molecule has 0 radical (unpaired) electrons. The summed E-state index contributed by atoms with van der Waals surface area (Å²) >= 11 is 1.30. The van der Waals surface area contributed by atoms with Crippen molar-refractivity contribution >= 4 is 29.4 Å². The highest BCUT2D eigenvalue weighted by atomic mass is 32.2. The van der Waals surface area contributed by atoms with Gasteiger partial charge in [0.25, 0.3) is 0 Å². The summed E-state index contributed by atoms with van der Waals surface area (Å²) in [6.07, 6.45) is 0. The number of thioether (sulfide) groups is 1. The molecule has 1 rings (SSSR count). The average molecular weight is 297 g/mol. The van der Waals surface area contributed by atoms with E-state index in [4.69, 9.17) is 10.5 Å². The number of hydrogen-bond donors (Lipinski definition) is 3. The van der Waals surface area contributed by atoms with Gasteiger partial charge in [-0.05, 0) is 24.6 Å². The zero-order valence-electron chi connectivity index (χ0n) is 11.6. The number of carbonyl (C=O) groups excluding carboxylic acids is 2. The van der Waals surface area contributed by atoms with Crippen LogP contribution in [0.25, 0.3) is 0 Å². The second kappa shape index (κ2) is 8.44. The Hall–Kier alpha value is -1.73. The number of benzene rings is 1. The van der Waals surface area contributed by atoms with E-state index in [0.29, 0.717) is 18.8 Å². The van der Waals surface area contributed by atoms with Crippen LogP contribution in [0.3, 0.4) is 0 Å². The number of anilines is 1. The minimum atomic E-state index is -0.523. The van der Waals surface area contributed by atoms with Crippen molar-refractivity contribution in [3.8, 4) is 0 Å². The molecule has 1 aromatic rings. The monoisotopic (exact) mass is 297 g/mol. The summed E-state index contributed by atoms with van der Waals surface area (Å²) in [6.45, 7) is 2.70. The topological polar surface area (TPSA) is 93.5 Å². The quantitative estimate of drug-likeness (QED) is 0.416. The maximum absolute atomic E-state index is 11.6. The van der Waals surface area contributed by atoms with Crippen molar-refractivity contribution in [2.24, 2.45) is 0 Å². The Labute approximate surface area is 122 Å². The molecule has 0 unspecified atom stereocenters. The van der Waals surface area contributed by atoms with E-state index in [9.17, 15) is 9.59 Å².